The fourth-order valence-corrected chi connectivity index (χ4v) is 3.39. The van der Waals surface area contributed by atoms with E-state index in [1.807, 2.05) is 6.92 Å². The zero-order chi connectivity index (χ0) is 15.1. The van der Waals surface area contributed by atoms with Gasteiger partial charge in [0, 0.05) is 19.2 Å². The minimum Gasteiger partial charge on any atom is -0.491 e. The van der Waals surface area contributed by atoms with E-state index in [4.69, 9.17) is 9.47 Å². The van der Waals surface area contributed by atoms with Gasteiger partial charge in [-0.1, -0.05) is 0 Å². The Labute approximate surface area is 138 Å². The number of hydrogen-bond acceptors (Lipinski definition) is 5. The molecule has 2 rings (SSSR count). The normalized spacial score (nSPS) is 18.0. The molecule has 1 fully saturated rings. The first-order valence-corrected chi connectivity index (χ1v) is 8.64. The minimum absolute atomic E-state index is 0. The Morgan fingerprint density at radius 1 is 1.27 bits per heavy atom. The molecule has 1 atom stereocenters. The number of hydrogen-bond donors (Lipinski definition) is 2. The van der Waals surface area contributed by atoms with Gasteiger partial charge in [-0.25, -0.2) is 13.1 Å². The standard InChI is InChI=1S/C14H22N2O4S.ClH/c1-2-19-9-10-20-13-3-5-14(6-4-13)21(17,18)16-12-7-8-15-11-12;/h3-6,12,15-16H,2,7-11H2,1H3;1H. The molecule has 8 heteroatoms. The Kier molecular flexibility index (Phi) is 8.13. The molecule has 1 saturated heterocycles. The van der Waals surface area contributed by atoms with Crippen molar-refractivity contribution in [3.63, 3.8) is 0 Å². The zero-order valence-corrected chi connectivity index (χ0v) is 14.2. The molecule has 126 valence electrons. The summed E-state index contributed by atoms with van der Waals surface area (Å²) in [5.74, 6) is 0.635. The second-order valence-electron chi connectivity index (χ2n) is 4.83. The molecule has 0 bridgehead atoms. The summed E-state index contributed by atoms with van der Waals surface area (Å²) in [6.45, 7) is 5.07. The lowest BCUT2D eigenvalue weighted by molar-refractivity contribution is 0.110. The van der Waals surface area contributed by atoms with Gasteiger partial charge in [-0.3, -0.25) is 0 Å². The molecular weight excluding hydrogens is 328 g/mol. The zero-order valence-electron chi connectivity index (χ0n) is 12.6. The Balaban J connectivity index is 0.00000242. The molecular formula is C14H23ClN2O4S. The van der Waals surface area contributed by atoms with Gasteiger partial charge in [0.25, 0.3) is 0 Å². The Hall–Kier alpha value is -0.860. The molecule has 0 spiro atoms. The van der Waals surface area contributed by atoms with Crippen LogP contribution >= 0.6 is 12.4 Å². The second-order valence-corrected chi connectivity index (χ2v) is 6.54. The van der Waals surface area contributed by atoms with E-state index in [-0.39, 0.29) is 23.3 Å². The van der Waals surface area contributed by atoms with E-state index >= 15 is 0 Å². The molecule has 0 radical (unpaired) electrons. The number of benzene rings is 1. The van der Waals surface area contributed by atoms with Crippen molar-refractivity contribution in [2.24, 2.45) is 0 Å². The van der Waals surface area contributed by atoms with Gasteiger partial charge in [0.1, 0.15) is 12.4 Å². The van der Waals surface area contributed by atoms with E-state index in [2.05, 4.69) is 10.0 Å². The van der Waals surface area contributed by atoms with Crippen molar-refractivity contribution in [1.82, 2.24) is 10.0 Å². The van der Waals surface area contributed by atoms with Crippen molar-refractivity contribution in [2.45, 2.75) is 24.3 Å². The SMILES string of the molecule is CCOCCOc1ccc(S(=O)(=O)NC2CCNC2)cc1.Cl. The molecule has 1 aliphatic heterocycles. The fourth-order valence-electron chi connectivity index (χ4n) is 2.12. The van der Waals surface area contributed by atoms with Crippen LogP contribution in [0.1, 0.15) is 13.3 Å². The first-order valence-electron chi connectivity index (χ1n) is 7.15. The Bertz CT molecular complexity index is 530. The third-order valence-corrected chi connectivity index (χ3v) is 4.75. The fraction of sp³-hybridized carbons (Fsp3) is 0.571. The van der Waals surface area contributed by atoms with Crippen molar-refractivity contribution >= 4 is 22.4 Å². The van der Waals surface area contributed by atoms with Crippen LogP contribution in [0.2, 0.25) is 0 Å². The molecule has 0 amide bonds. The number of nitrogens with one attached hydrogen (secondary N) is 2. The smallest absolute Gasteiger partial charge is 0.240 e. The largest absolute Gasteiger partial charge is 0.491 e. The predicted octanol–water partition coefficient (Wildman–Crippen LogP) is 1.16. The van der Waals surface area contributed by atoms with Gasteiger partial charge in [-0.15, -0.1) is 12.4 Å². The summed E-state index contributed by atoms with van der Waals surface area (Å²) in [6, 6.07) is 6.40. The van der Waals surface area contributed by atoms with E-state index in [1.165, 1.54) is 0 Å². The highest BCUT2D eigenvalue weighted by Gasteiger charge is 2.22. The summed E-state index contributed by atoms with van der Waals surface area (Å²) in [4.78, 5) is 0.256. The summed E-state index contributed by atoms with van der Waals surface area (Å²) in [6.07, 6.45) is 0.817. The average Bonchev–Trinajstić information content (AvgIpc) is 2.96. The third kappa shape index (κ3) is 5.73. The van der Waals surface area contributed by atoms with Gasteiger partial charge in [0.2, 0.25) is 10.0 Å². The van der Waals surface area contributed by atoms with Gasteiger partial charge in [0.15, 0.2) is 0 Å². The molecule has 22 heavy (non-hydrogen) atoms. The molecule has 1 aromatic rings. The van der Waals surface area contributed by atoms with Crippen LogP contribution in [-0.4, -0.2) is 47.4 Å². The minimum atomic E-state index is -3.46. The lowest BCUT2D eigenvalue weighted by Gasteiger charge is -2.12. The average molecular weight is 351 g/mol. The van der Waals surface area contributed by atoms with Crippen LogP contribution in [-0.2, 0) is 14.8 Å². The summed E-state index contributed by atoms with van der Waals surface area (Å²) in [5.41, 5.74) is 0. The van der Waals surface area contributed by atoms with Crippen molar-refractivity contribution in [3.05, 3.63) is 24.3 Å². The molecule has 0 saturated carbocycles. The number of rotatable bonds is 8. The Morgan fingerprint density at radius 3 is 2.59 bits per heavy atom. The van der Waals surface area contributed by atoms with E-state index < -0.39 is 10.0 Å². The summed E-state index contributed by atoms with van der Waals surface area (Å²) in [7, 11) is -3.46. The number of ether oxygens (including phenoxy) is 2. The third-order valence-electron chi connectivity index (χ3n) is 3.22. The number of halogens is 1. The van der Waals surface area contributed by atoms with Gasteiger partial charge < -0.3 is 14.8 Å². The van der Waals surface area contributed by atoms with E-state index in [1.54, 1.807) is 24.3 Å². The molecule has 0 aromatic heterocycles. The monoisotopic (exact) mass is 350 g/mol. The summed E-state index contributed by atoms with van der Waals surface area (Å²) >= 11 is 0. The van der Waals surface area contributed by atoms with Crippen LogP contribution in [0.5, 0.6) is 5.75 Å². The first kappa shape index (κ1) is 19.2. The van der Waals surface area contributed by atoms with Crippen LogP contribution in [0.3, 0.4) is 0 Å². The van der Waals surface area contributed by atoms with Gasteiger partial charge >= 0.3 is 0 Å². The maximum absolute atomic E-state index is 12.2. The maximum atomic E-state index is 12.2. The van der Waals surface area contributed by atoms with E-state index in [0.29, 0.717) is 32.1 Å². The lowest BCUT2D eigenvalue weighted by atomic mass is 10.3. The predicted molar refractivity (Wildman–Crippen MR) is 87.3 cm³/mol. The van der Waals surface area contributed by atoms with Crippen LogP contribution < -0.4 is 14.8 Å². The highest BCUT2D eigenvalue weighted by Crippen LogP contribution is 2.16. The molecule has 6 nitrogen and oxygen atoms in total. The van der Waals surface area contributed by atoms with Gasteiger partial charge in [-0.2, -0.15) is 0 Å². The van der Waals surface area contributed by atoms with Crippen molar-refractivity contribution in [3.8, 4) is 5.75 Å². The first-order chi connectivity index (χ1) is 10.1. The molecule has 1 heterocycles. The van der Waals surface area contributed by atoms with Crippen LogP contribution in [0.25, 0.3) is 0 Å². The van der Waals surface area contributed by atoms with Crippen LogP contribution in [0.4, 0.5) is 0 Å². The van der Waals surface area contributed by atoms with Gasteiger partial charge in [-0.05, 0) is 44.2 Å². The van der Waals surface area contributed by atoms with E-state index in [9.17, 15) is 8.42 Å². The lowest BCUT2D eigenvalue weighted by Crippen LogP contribution is -2.36. The van der Waals surface area contributed by atoms with Crippen LogP contribution in [0.15, 0.2) is 29.2 Å². The molecule has 2 N–H and O–H groups in total. The second kappa shape index (κ2) is 9.32. The van der Waals surface area contributed by atoms with Gasteiger partial charge in [0.05, 0.1) is 11.5 Å². The van der Waals surface area contributed by atoms with Crippen LogP contribution in [0, 0.1) is 0 Å². The summed E-state index contributed by atoms with van der Waals surface area (Å²) in [5, 5.41) is 3.13. The van der Waals surface area contributed by atoms with Crippen molar-refractivity contribution < 1.29 is 17.9 Å². The highest BCUT2D eigenvalue weighted by molar-refractivity contribution is 7.89. The Morgan fingerprint density at radius 2 is 2.00 bits per heavy atom. The maximum Gasteiger partial charge on any atom is 0.240 e. The van der Waals surface area contributed by atoms with Crippen molar-refractivity contribution in [1.29, 1.82) is 0 Å². The molecule has 1 unspecified atom stereocenters. The highest BCUT2D eigenvalue weighted by atomic mass is 35.5. The molecule has 1 aliphatic rings. The number of sulfonamides is 1. The topological polar surface area (TPSA) is 76.7 Å². The molecule has 1 aromatic carbocycles. The van der Waals surface area contributed by atoms with Crippen molar-refractivity contribution in [2.75, 3.05) is 32.9 Å². The summed E-state index contributed by atoms with van der Waals surface area (Å²) < 4.78 is 37.7. The van der Waals surface area contributed by atoms with E-state index in [0.717, 1.165) is 13.0 Å². The quantitative estimate of drug-likeness (QED) is 0.688. The molecule has 0 aliphatic carbocycles.